The van der Waals surface area contributed by atoms with Crippen LogP contribution in [0.2, 0.25) is 0 Å². The van der Waals surface area contributed by atoms with Crippen LogP contribution in [0, 0.1) is 0 Å². The summed E-state index contributed by atoms with van der Waals surface area (Å²) in [5.74, 6) is 0.140. The lowest BCUT2D eigenvalue weighted by molar-refractivity contribution is 0.271. The fourth-order valence-corrected chi connectivity index (χ4v) is 2.45. The van der Waals surface area contributed by atoms with E-state index in [0.29, 0.717) is 0 Å². The molecule has 0 amide bonds. The van der Waals surface area contributed by atoms with Crippen LogP contribution in [0.25, 0.3) is 0 Å². The van der Waals surface area contributed by atoms with Crippen LogP contribution in [-0.2, 0) is 6.42 Å². The van der Waals surface area contributed by atoms with E-state index in [1.807, 2.05) is 30.5 Å². The minimum Gasteiger partial charge on any atom is -0.396 e. The Morgan fingerprint density at radius 2 is 2.06 bits per heavy atom. The van der Waals surface area contributed by atoms with E-state index in [-0.39, 0.29) is 12.5 Å². The highest BCUT2D eigenvalue weighted by atomic mass is 32.1. The molecule has 2 nitrogen and oxygen atoms in total. The highest BCUT2D eigenvalue weighted by Gasteiger charge is 2.09. The molecular formula is C13H15NOS. The lowest BCUT2D eigenvalue weighted by atomic mass is 10.1. The quantitative estimate of drug-likeness (QED) is 0.881. The van der Waals surface area contributed by atoms with Crippen molar-refractivity contribution in [2.75, 3.05) is 6.61 Å². The van der Waals surface area contributed by atoms with Crippen molar-refractivity contribution in [3.8, 4) is 0 Å². The van der Waals surface area contributed by atoms with Crippen LogP contribution in [0.3, 0.4) is 0 Å². The molecule has 0 bridgehead atoms. The Morgan fingerprint density at radius 3 is 2.75 bits per heavy atom. The summed E-state index contributed by atoms with van der Waals surface area (Å²) >= 11 is 1.67. The van der Waals surface area contributed by atoms with E-state index in [4.69, 9.17) is 5.11 Å². The van der Waals surface area contributed by atoms with Gasteiger partial charge in [0.25, 0.3) is 0 Å². The number of rotatable bonds is 4. The number of hydrogen-bond acceptors (Lipinski definition) is 3. The molecule has 0 saturated heterocycles. The number of benzene rings is 1. The zero-order valence-corrected chi connectivity index (χ0v) is 10.1. The molecule has 0 radical (unpaired) electrons. The first-order chi connectivity index (χ1) is 7.79. The average molecular weight is 233 g/mol. The highest BCUT2D eigenvalue weighted by Crippen LogP contribution is 2.20. The SMILES string of the molecule is CC(CO)c1csc(Cc2ccccc2)n1. The van der Waals surface area contributed by atoms with Crippen molar-refractivity contribution in [1.29, 1.82) is 0 Å². The number of aliphatic hydroxyl groups is 1. The fourth-order valence-electron chi connectivity index (χ4n) is 1.50. The first-order valence-corrected chi connectivity index (χ1v) is 6.26. The largest absolute Gasteiger partial charge is 0.396 e. The summed E-state index contributed by atoms with van der Waals surface area (Å²) in [6, 6.07) is 10.3. The van der Waals surface area contributed by atoms with Gasteiger partial charge in [-0.05, 0) is 5.56 Å². The van der Waals surface area contributed by atoms with Crippen molar-refractivity contribution in [2.24, 2.45) is 0 Å². The molecule has 84 valence electrons. The van der Waals surface area contributed by atoms with Gasteiger partial charge >= 0.3 is 0 Å². The molecule has 1 N–H and O–H groups in total. The van der Waals surface area contributed by atoms with Gasteiger partial charge < -0.3 is 5.11 Å². The molecule has 16 heavy (non-hydrogen) atoms. The maximum Gasteiger partial charge on any atom is 0.0972 e. The van der Waals surface area contributed by atoms with Gasteiger partial charge in [-0.25, -0.2) is 4.98 Å². The van der Waals surface area contributed by atoms with Crippen LogP contribution in [0.1, 0.15) is 29.1 Å². The molecule has 1 aromatic heterocycles. The summed E-state index contributed by atoms with van der Waals surface area (Å²) in [5, 5.41) is 12.2. The van der Waals surface area contributed by atoms with Gasteiger partial charge in [-0.2, -0.15) is 0 Å². The predicted molar refractivity (Wildman–Crippen MR) is 66.9 cm³/mol. The zero-order valence-electron chi connectivity index (χ0n) is 9.26. The molecule has 2 aromatic rings. The smallest absolute Gasteiger partial charge is 0.0972 e. The van der Waals surface area contributed by atoms with E-state index in [2.05, 4.69) is 17.1 Å². The van der Waals surface area contributed by atoms with Crippen LogP contribution in [0.4, 0.5) is 0 Å². The number of aliphatic hydroxyl groups excluding tert-OH is 1. The molecule has 1 unspecified atom stereocenters. The van der Waals surface area contributed by atoms with Gasteiger partial charge in [0.2, 0.25) is 0 Å². The number of hydrogen-bond donors (Lipinski definition) is 1. The second-order valence-electron chi connectivity index (χ2n) is 3.91. The summed E-state index contributed by atoms with van der Waals surface area (Å²) in [5.41, 5.74) is 2.28. The molecule has 0 aliphatic rings. The van der Waals surface area contributed by atoms with Crippen molar-refractivity contribution in [3.63, 3.8) is 0 Å². The molecule has 1 atom stereocenters. The van der Waals surface area contributed by atoms with Crippen molar-refractivity contribution in [2.45, 2.75) is 19.3 Å². The molecule has 0 saturated carbocycles. The minimum absolute atomic E-state index is 0.140. The third kappa shape index (κ3) is 2.68. The van der Waals surface area contributed by atoms with Crippen molar-refractivity contribution in [1.82, 2.24) is 4.98 Å². The van der Waals surface area contributed by atoms with Gasteiger partial charge in [0.05, 0.1) is 17.3 Å². The van der Waals surface area contributed by atoms with Gasteiger partial charge in [-0.1, -0.05) is 37.3 Å². The van der Waals surface area contributed by atoms with Crippen LogP contribution >= 0.6 is 11.3 Å². The monoisotopic (exact) mass is 233 g/mol. The van der Waals surface area contributed by atoms with E-state index in [1.54, 1.807) is 11.3 Å². The van der Waals surface area contributed by atoms with Crippen LogP contribution in [-0.4, -0.2) is 16.7 Å². The van der Waals surface area contributed by atoms with E-state index >= 15 is 0 Å². The summed E-state index contributed by atoms with van der Waals surface area (Å²) in [6.07, 6.45) is 0.879. The summed E-state index contributed by atoms with van der Waals surface area (Å²) in [6.45, 7) is 2.15. The maximum atomic E-state index is 9.05. The topological polar surface area (TPSA) is 33.1 Å². The van der Waals surface area contributed by atoms with Gasteiger partial charge in [0.15, 0.2) is 0 Å². The maximum absolute atomic E-state index is 9.05. The summed E-state index contributed by atoms with van der Waals surface area (Å²) < 4.78 is 0. The van der Waals surface area contributed by atoms with Crippen molar-refractivity contribution >= 4 is 11.3 Å². The number of nitrogens with zero attached hydrogens (tertiary/aromatic N) is 1. The molecule has 3 heteroatoms. The Bertz CT molecular complexity index is 438. The van der Waals surface area contributed by atoms with E-state index in [0.717, 1.165) is 17.1 Å². The van der Waals surface area contributed by atoms with Gasteiger partial charge in [0.1, 0.15) is 0 Å². The Morgan fingerprint density at radius 1 is 1.31 bits per heavy atom. The van der Waals surface area contributed by atoms with E-state index in [9.17, 15) is 0 Å². The fraction of sp³-hybridized carbons (Fsp3) is 0.308. The highest BCUT2D eigenvalue weighted by molar-refractivity contribution is 7.09. The minimum atomic E-state index is 0.140. The normalized spacial score (nSPS) is 12.6. The van der Waals surface area contributed by atoms with Crippen LogP contribution < -0.4 is 0 Å². The molecule has 0 fully saturated rings. The third-order valence-electron chi connectivity index (χ3n) is 2.55. The number of aromatic nitrogens is 1. The summed E-state index contributed by atoms with van der Waals surface area (Å²) in [4.78, 5) is 4.53. The van der Waals surface area contributed by atoms with Gasteiger partial charge in [-0.3, -0.25) is 0 Å². The second kappa shape index (κ2) is 5.23. The van der Waals surface area contributed by atoms with Crippen molar-refractivity contribution in [3.05, 3.63) is 52.0 Å². The van der Waals surface area contributed by atoms with E-state index in [1.165, 1.54) is 5.56 Å². The Kier molecular flexibility index (Phi) is 3.70. The van der Waals surface area contributed by atoms with Crippen molar-refractivity contribution < 1.29 is 5.11 Å². The molecule has 1 heterocycles. The molecule has 0 aliphatic heterocycles. The zero-order chi connectivity index (χ0) is 11.4. The first kappa shape index (κ1) is 11.3. The summed E-state index contributed by atoms with van der Waals surface area (Å²) in [7, 11) is 0. The van der Waals surface area contributed by atoms with Crippen LogP contribution in [0.15, 0.2) is 35.7 Å². The number of thiazole rings is 1. The Balaban J connectivity index is 2.09. The predicted octanol–water partition coefficient (Wildman–Crippen LogP) is 2.83. The first-order valence-electron chi connectivity index (χ1n) is 5.38. The molecule has 0 spiro atoms. The lowest BCUT2D eigenvalue weighted by Crippen LogP contribution is -1.99. The van der Waals surface area contributed by atoms with E-state index < -0.39 is 0 Å². The molecular weight excluding hydrogens is 218 g/mol. The molecule has 1 aromatic carbocycles. The lowest BCUT2D eigenvalue weighted by Gasteiger charge is -2.02. The second-order valence-corrected chi connectivity index (χ2v) is 4.85. The van der Waals surface area contributed by atoms with Gasteiger partial charge in [0, 0.05) is 17.7 Å². The average Bonchev–Trinajstić information content (AvgIpc) is 2.78. The third-order valence-corrected chi connectivity index (χ3v) is 3.41. The van der Waals surface area contributed by atoms with Crippen LogP contribution in [0.5, 0.6) is 0 Å². The standard InChI is InChI=1S/C13H15NOS/c1-10(8-15)12-9-16-13(14-12)7-11-5-3-2-4-6-11/h2-6,9-10,15H,7-8H2,1H3. The van der Waals surface area contributed by atoms with Gasteiger partial charge in [-0.15, -0.1) is 11.3 Å². The Hall–Kier alpha value is -1.19. The Labute approximate surface area is 99.6 Å². The molecule has 2 rings (SSSR count). The molecule has 0 aliphatic carbocycles.